The third kappa shape index (κ3) is 5.48. The first-order valence-electron chi connectivity index (χ1n) is 8.39. The summed E-state index contributed by atoms with van der Waals surface area (Å²) in [6.07, 6.45) is 5.55. The molecule has 3 aromatic heterocycles. The van der Waals surface area contributed by atoms with Gasteiger partial charge in [-0.15, -0.1) is 35.3 Å². The molecule has 0 radical (unpaired) electrons. The van der Waals surface area contributed by atoms with E-state index in [0.29, 0.717) is 13.1 Å². The average molecular weight is 497 g/mol. The van der Waals surface area contributed by atoms with E-state index in [1.807, 2.05) is 43.8 Å². The maximum atomic E-state index is 4.51. The Morgan fingerprint density at radius 3 is 2.48 bits per heavy atom. The van der Waals surface area contributed by atoms with Crippen LogP contribution in [0.25, 0.3) is 5.82 Å². The fourth-order valence-corrected chi connectivity index (χ4v) is 3.47. The Morgan fingerprint density at radius 2 is 1.93 bits per heavy atom. The van der Waals surface area contributed by atoms with Crippen molar-refractivity contribution in [2.75, 3.05) is 7.05 Å². The van der Waals surface area contributed by atoms with E-state index < -0.39 is 0 Å². The first-order valence-corrected chi connectivity index (χ1v) is 9.21. The molecule has 0 saturated heterocycles. The van der Waals surface area contributed by atoms with Crippen LogP contribution in [0.2, 0.25) is 0 Å². The van der Waals surface area contributed by atoms with E-state index in [9.17, 15) is 0 Å². The summed E-state index contributed by atoms with van der Waals surface area (Å²) in [7, 11) is 1.77. The van der Waals surface area contributed by atoms with Crippen LogP contribution in [0.15, 0.2) is 35.7 Å². The number of guanidine groups is 1. The molecule has 0 aromatic carbocycles. The van der Waals surface area contributed by atoms with E-state index in [0.717, 1.165) is 33.9 Å². The van der Waals surface area contributed by atoms with Crippen LogP contribution < -0.4 is 10.6 Å². The highest BCUT2D eigenvalue weighted by atomic mass is 127. The summed E-state index contributed by atoms with van der Waals surface area (Å²) in [4.78, 5) is 18.7. The first kappa shape index (κ1) is 21.3. The fraction of sp³-hybridized carbons (Fsp3) is 0.333. The zero-order valence-corrected chi connectivity index (χ0v) is 19.0. The second-order valence-corrected chi connectivity index (χ2v) is 7.18. The van der Waals surface area contributed by atoms with Gasteiger partial charge in [0, 0.05) is 37.1 Å². The highest BCUT2D eigenvalue weighted by Gasteiger charge is 2.06. The van der Waals surface area contributed by atoms with Gasteiger partial charge in [-0.1, -0.05) is 6.07 Å². The summed E-state index contributed by atoms with van der Waals surface area (Å²) in [5.41, 5.74) is 2.16. The molecule has 0 unspecified atom stereocenters. The van der Waals surface area contributed by atoms with E-state index in [4.69, 9.17) is 0 Å². The molecule has 2 N–H and O–H groups in total. The lowest BCUT2D eigenvalue weighted by atomic mass is 10.3. The third-order valence-electron chi connectivity index (χ3n) is 3.98. The predicted octanol–water partition coefficient (Wildman–Crippen LogP) is 3.13. The molecule has 0 aliphatic heterocycles. The Kier molecular flexibility index (Phi) is 7.72. The second kappa shape index (κ2) is 9.79. The zero-order valence-electron chi connectivity index (χ0n) is 15.9. The molecule has 0 saturated carbocycles. The van der Waals surface area contributed by atoms with E-state index in [-0.39, 0.29) is 24.0 Å². The molecule has 0 atom stereocenters. The van der Waals surface area contributed by atoms with E-state index >= 15 is 0 Å². The van der Waals surface area contributed by atoms with Crippen LogP contribution in [-0.4, -0.2) is 32.5 Å². The van der Waals surface area contributed by atoms with Crippen molar-refractivity contribution in [3.63, 3.8) is 0 Å². The lowest BCUT2D eigenvalue weighted by molar-refractivity contribution is 0.807. The van der Waals surface area contributed by atoms with Gasteiger partial charge in [0.25, 0.3) is 0 Å². The van der Waals surface area contributed by atoms with Crippen molar-refractivity contribution < 1.29 is 0 Å². The van der Waals surface area contributed by atoms with Gasteiger partial charge in [-0.05, 0) is 32.4 Å². The van der Waals surface area contributed by atoms with Gasteiger partial charge in [0.2, 0.25) is 0 Å². The van der Waals surface area contributed by atoms with Crippen LogP contribution in [0.1, 0.15) is 27.0 Å². The van der Waals surface area contributed by atoms with Gasteiger partial charge in [-0.3, -0.25) is 9.56 Å². The number of nitrogens with zero attached hydrogens (tertiary/aromatic N) is 5. The minimum absolute atomic E-state index is 0. The quantitative estimate of drug-likeness (QED) is 0.322. The Hall–Kier alpha value is -2.01. The van der Waals surface area contributed by atoms with Gasteiger partial charge < -0.3 is 10.6 Å². The summed E-state index contributed by atoms with van der Waals surface area (Å²) < 4.78 is 1.96. The normalized spacial score (nSPS) is 11.2. The number of aryl methyl sites for hydroxylation is 3. The highest BCUT2D eigenvalue weighted by molar-refractivity contribution is 14.0. The summed E-state index contributed by atoms with van der Waals surface area (Å²) >= 11 is 1.71. The molecular formula is C18H24IN7S. The first-order chi connectivity index (χ1) is 12.6. The predicted molar refractivity (Wildman–Crippen MR) is 120 cm³/mol. The number of imidazole rings is 1. The molecule has 0 amide bonds. The van der Waals surface area contributed by atoms with Gasteiger partial charge in [0.05, 0.1) is 17.2 Å². The molecule has 3 aromatic rings. The minimum atomic E-state index is 0. The molecule has 0 aliphatic carbocycles. The number of aliphatic imine (C=N–C) groups is 1. The number of halogens is 1. The molecular weight excluding hydrogens is 473 g/mol. The lowest BCUT2D eigenvalue weighted by Crippen LogP contribution is -2.36. The maximum Gasteiger partial charge on any atom is 0.191 e. The molecule has 3 rings (SSSR count). The van der Waals surface area contributed by atoms with Crippen molar-refractivity contribution in [2.24, 2.45) is 4.99 Å². The topological polar surface area (TPSA) is 80.0 Å². The van der Waals surface area contributed by atoms with Crippen molar-refractivity contribution in [1.29, 1.82) is 0 Å². The third-order valence-corrected chi connectivity index (χ3v) is 5.05. The molecule has 0 bridgehead atoms. The average Bonchev–Trinajstić information content (AvgIpc) is 3.20. The number of pyridine rings is 1. The SMILES string of the molecule is CN=C(NCc1ccc(-n2ccnc2C)nc1)NCc1sc(C)nc1C.I. The van der Waals surface area contributed by atoms with Gasteiger partial charge in [0.1, 0.15) is 11.6 Å². The number of hydrogen-bond donors (Lipinski definition) is 2. The molecule has 27 heavy (non-hydrogen) atoms. The number of rotatable bonds is 5. The molecule has 0 spiro atoms. The standard InChI is InChI=1S/C18H23N7S.HI/c1-12-16(26-14(3)24-12)11-23-18(19-4)22-10-15-5-6-17(21-9-15)25-8-7-20-13(25)2;/h5-9H,10-11H2,1-4H3,(H2,19,22,23);1H. The summed E-state index contributed by atoms with van der Waals surface area (Å²) in [5.74, 6) is 2.54. The van der Waals surface area contributed by atoms with E-state index in [1.54, 1.807) is 24.6 Å². The van der Waals surface area contributed by atoms with Crippen LogP contribution >= 0.6 is 35.3 Å². The minimum Gasteiger partial charge on any atom is -0.352 e. The molecule has 144 valence electrons. The van der Waals surface area contributed by atoms with Crippen molar-refractivity contribution in [1.82, 2.24) is 30.2 Å². The molecule has 3 heterocycles. The molecule has 0 fully saturated rings. The fourth-order valence-electron chi connectivity index (χ4n) is 2.59. The Bertz CT molecular complexity index is 899. The van der Waals surface area contributed by atoms with E-state index in [2.05, 4.69) is 36.6 Å². The molecule has 0 aliphatic rings. The van der Waals surface area contributed by atoms with Crippen LogP contribution in [0, 0.1) is 20.8 Å². The Balaban J connectivity index is 0.00000261. The van der Waals surface area contributed by atoms with Crippen LogP contribution in [-0.2, 0) is 13.1 Å². The Morgan fingerprint density at radius 1 is 1.15 bits per heavy atom. The number of thiazole rings is 1. The number of nitrogens with one attached hydrogen (secondary N) is 2. The van der Waals surface area contributed by atoms with E-state index in [1.165, 1.54) is 4.88 Å². The van der Waals surface area contributed by atoms with Crippen molar-refractivity contribution in [2.45, 2.75) is 33.9 Å². The van der Waals surface area contributed by atoms with Crippen molar-refractivity contribution in [3.8, 4) is 5.82 Å². The van der Waals surface area contributed by atoms with Gasteiger partial charge in [0.15, 0.2) is 5.96 Å². The van der Waals surface area contributed by atoms with Crippen LogP contribution in [0.5, 0.6) is 0 Å². The van der Waals surface area contributed by atoms with Gasteiger partial charge >= 0.3 is 0 Å². The summed E-state index contributed by atoms with van der Waals surface area (Å²) in [6, 6.07) is 4.05. The van der Waals surface area contributed by atoms with Crippen molar-refractivity contribution in [3.05, 3.63) is 57.7 Å². The zero-order chi connectivity index (χ0) is 18.5. The monoisotopic (exact) mass is 497 g/mol. The second-order valence-electron chi connectivity index (χ2n) is 5.89. The Labute approximate surface area is 180 Å². The maximum absolute atomic E-state index is 4.51. The molecule has 7 nitrogen and oxygen atoms in total. The van der Waals surface area contributed by atoms with Gasteiger partial charge in [-0.25, -0.2) is 15.0 Å². The van der Waals surface area contributed by atoms with Crippen LogP contribution in [0.3, 0.4) is 0 Å². The highest BCUT2D eigenvalue weighted by Crippen LogP contribution is 2.16. The largest absolute Gasteiger partial charge is 0.352 e. The van der Waals surface area contributed by atoms with Gasteiger partial charge in [-0.2, -0.15) is 0 Å². The summed E-state index contributed by atoms with van der Waals surface area (Å²) in [5, 5.41) is 7.72. The lowest BCUT2D eigenvalue weighted by Gasteiger charge is -2.12. The number of hydrogen-bond acceptors (Lipinski definition) is 5. The smallest absolute Gasteiger partial charge is 0.191 e. The van der Waals surface area contributed by atoms with Crippen molar-refractivity contribution >= 4 is 41.3 Å². The van der Waals surface area contributed by atoms with Crippen LogP contribution in [0.4, 0.5) is 0 Å². The molecule has 9 heteroatoms. The number of aromatic nitrogens is 4. The summed E-state index contributed by atoms with van der Waals surface area (Å²) in [6.45, 7) is 7.38.